The van der Waals surface area contributed by atoms with Gasteiger partial charge < -0.3 is 20.1 Å². The van der Waals surface area contributed by atoms with Crippen LogP contribution in [-0.2, 0) is 21.6 Å². The Morgan fingerprint density at radius 3 is 2.93 bits per heavy atom. The molecule has 4 rings (SSSR count). The maximum atomic E-state index is 12.1. The maximum Gasteiger partial charge on any atom is 0.407 e. The first kappa shape index (κ1) is 20.6. The minimum atomic E-state index is -0.358. The molecule has 0 unspecified atom stereocenters. The van der Waals surface area contributed by atoms with Crippen LogP contribution in [0.15, 0.2) is 18.5 Å². The van der Waals surface area contributed by atoms with Crippen molar-refractivity contribution in [2.75, 3.05) is 18.5 Å². The third-order valence-electron chi connectivity index (χ3n) is 5.37. The fourth-order valence-electron chi connectivity index (χ4n) is 3.92. The van der Waals surface area contributed by atoms with Crippen molar-refractivity contribution in [3.8, 4) is 0 Å². The Hall–Kier alpha value is -2.68. The summed E-state index contributed by atoms with van der Waals surface area (Å²) in [5, 5.41) is 11.1. The first-order chi connectivity index (χ1) is 14.4. The van der Waals surface area contributed by atoms with Gasteiger partial charge in [0.1, 0.15) is 17.7 Å². The van der Waals surface area contributed by atoms with E-state index >= 15 is 0 Å². The number of amides is 1. The van der Waals surface area contributed by atoms with E-state index in [9.17, 15) is 4.79 Å². The molecular weight excluding hydrogens is 384 g/mol. The normalized spacial score (nSPS) is 23.0. The molecule has 1 aliphatic heterocycles. The molecular formula is C21H30N6O3. The van der Waals surface area contributed by atoms with Gasteiger partial charge in [0.2, 0.25) is 0 Å². The number of nitrogens with one attached hydrogen (secondary N) is 2. The number of nitrogens with zero attached hydrogens (tertiary/aromatic N) is 4. The number of hydrogen-bond acceptors (Lipinski definition) is 7. The minimum absolute atomic E-state index is 0.0797. The third-order valence-corrected chi connectivity index (χ3v) is 5.37. The summed E-state index contributed by atoms with van der Waals surface area (Å²) in [6, 6.07) is 2.08. The summed E-state index contributed by atoms with van der Waals surface area (Å²) in [6.45, 7) is 7.75. The molecule has 162 valence electrons. The first-order valence-corrected chi connectivity index (χ1v) is 10.6. The van der Waals surface area contributed by atoms with E-state index < -0.39 is 0 Å². The van der Waals surface area contributed by atoms with Crippen LogP contribution in [-0.4, -0.2) is 45.1 Å². The van der Waals surface area contributed by atoms with Gasteiger partial charge in [-0.3, -0.25) is 4.98 Å². The Morgan fingerprint density at radius 2 is 2.10 bits per heavy atom. The summed E-state index contributed by atoms with van der Waals surface area (Å²) in [5.41, 5.74) is 1.55. The predicted molar refractivity (Wildman–Crippen MR) is 112 cm³/mol. The van der Waals surface area contributed by atoms with Gasteiger partial charge in [0.15, 0.2) is 0 Å². The molecule has 6 bridgehead atoms. The van der Waals surface area contributed by atoms with Crippen LogP contribution in [0.4, 0.5) is 16.4 Å². The van der Waals surface area contributed by atoms with Gasteiger partial charge >= 0.3 is 6.09 Å². The van der Waals surface area contributed by atoms with Crippen molar-refractivity contribution in [2.45, 2.75) is 70.6 Å². The van der Waals surface area contributed by atoms with Crippen LogP contribution < -0.4 is 10.6 Å². The molecule has 3 heterocycles. The lowest BCUT2D eigenvalue weighted by molar-refractivity contribution is 0.0956. The second kappa shape index (κ2) is 8.59. The van der Waals surface area contributed by atoms with Crippen molar-refractivity contribution in [3.63, 3.8) is 0 Å². The van der Waals surface area contributed by atoms with E-state index in [1.807, 2.05) is 4.68 Å². The molecule has 2 aromatic rings. The summed E-state index contributed by atoms with van der Waals surface area (Å²) in [6.07, 6.45) is 6.25. The molecule has 0 spiro atoms. The number of carbonyl (C=O) groups excluding carboxylic acids is 1. The molecule has 1 amide bonds. The van der Waals surface area contributed by atoms with Crippen LogP contribution in [0.2, 0.25) is 0 Å². The highest BCUT2D eigenvalue weighted by molar-refractivity contribution is 5.67. The average molecular weight is 415 g/mol. The van der Waals surface area contributed by atoms with E-state index in [-0.39, 0.29) is 23.7 Å². The second-order valence-corrected chi connectivity index (χ2v) is 8.93. The molecule has 0 saturated heterocycles. The summed E-state index contributed by atoms with van der Waals surface area (Å²) in [5.74, 6) is 1.79. The lowest BCUT2D eigenvalue weighted by atomic mass is 10.0. The van der Waals surface area contributed by atoms with Crippen LogP contribution in [0.5, 0.6) is 0 Å². The van der Waals surface area contributed by atoms with Gasteiger partial charge in [0.05, 0.1) is 35.9 Å². The number of carbonyl (C=O) groups is 1. The quantitative estimate of drug-likeness (QED) is 0.680. The van der Waals surface area contributed by atoms with Crippen molar-refractivity contribution in [2.24, 2.45) is 0 Å². The molecule has 1 fully saturated rings. The van der Waals surface area contributed by atoms with Gasteiger partial charge in [-0.1, -0.05) is 0 Å². The molecule has 9 nitrogen and oxygen atoms in total. The van der Waals surface area contributed by atoms with Crippen LogP contribution >= 0.6 is 0 Å². The summed E-state index contributed by atoms with van der Waals surface area (Å²) >= 11 is 0. The first-order valence-electron chi connectivity index (χ1n) is 10.6. The Morgan fingerprint density at radius 1 is 1.23 bits per heavy atom. The lowest BCUT2D eigenvalue weighted by Crippen LogP contribution is -2.29. The number of anilines is 2. The summed E-state index contributed by atoms with van der Waals surface area (Å²) in [4.78, 5) is 21.0. The van der Waals surface area contributed by atoms with Gasteiger partial charge in [0, 0.05) is 25.1 Å². The molecule has 0 aromatic carbocycles. The zero-order chi connectivity index (χ0) is 21.1. The Balaban J connectivity index is 1.63. The Labute approximate surface area is 176 Å². The fourth-order valence-corrected chi connectivity index (χ4v) is 3.92. The van der Waals surface area contributed by atoms with E-state index in [2.05, 4.69) is 47.4 Å². The average Bonchev–Trinajstić information content (AvgIpc) is 3.31. The molecule has 30 heavy (non-hydrogen) atoms. The van der Waals surface area contributed by atoms with Crippen molar-refractivity contribution in [1.29, 1.82) is 0 Å². The van der Waals surface area contributed by atoms with E-state index in [1.165, 1.54) is 0 Å². The topological polar surface area (TPSA) is 103 Å². The minimum Gasteiger partial charge on any atom is -0.446 e. The zero-order valence-corrected chi connectivity index (χ0v) is 17.9. The third kappa shape index (κ3) is 4.89. The van der Waals surface area contributed by atoms with Crippen molar-refractivity contribution in [3.05, 3.63) is 29.8 Å². The smallest absolute Gasteiger partial charge is 0.407 e. The van der Waals surface area contributed by atoms with Crippen LogP contribution in [0.1, 0.15) is 63.8 Å². The Bertz CT molecular complexity index is 891. The van der Waals surface area contributed by atoms with Gasteiger partial charge in [0.25, 0.3) is 0 Å². The van der Waals surface area contributed by atoms with E-state index in [0.717, 1.165) is 36.5 Å². The number of rotatable bonds is 0. The highest BCUT2D eigenvalue weighted by Crippen LogP contribution is 2.37. The standard InChI is InChI=1S/C21H30N6O3/c1-21(2,3)27-19-10-17(26-27)14-5-6-16(9-14)30-20(28)23-7-4-8-29-13-15-11-22-12-18(24-15)25-19/h10-12,14,16H,4-9,13H2,1-3H3,(H,23,28)(H,24,25)/t14-,16+/m0/s1. The van der Waals surface area contributed by atoms with Crippen LogP contribution in [0.3, 0.4) is 0 Å². The predicted octanol–water partition coefficient (Wildman–Crippen LogP) is 3.45. The van der Waals surface area contributed by atoms with Gasteiger partial charge in [-0.05, 0) is 46.5 Å². The SMILES string of the molecule is CC(C)(C)n1nc2cc1Nc1cncc(n1)COCCCNC(=O)O[C@@H]1CC[C@H]2C1. The van der Waals surface area contributed by atoms with E-state index in [0.29, 0.717) is 32.0 Å². The van der Waals surface area contributed by atoms with E-state index in [1.54, 1.807) is 12.4 Å². The van der Waals surface area contributed by atoms with Gasteiger partial charge in [-0.15, -0.1) is 0 Å². The van der Waals surface area contributed by atoms with E-state index in [4.69, 9.17) is 14.6 Å². The number of aromatic nitrogens is 4. The largest absolute Gasteiger partial charge is 0.446 e. The zero-order valence-electron chi connectivity index (χ0n) is 17.9. The molecule has 2 aromatic heterocycles. The van der Waals surface area contributed by atoms with Crippen molar-refractivity contribution >= 4 is 17.7 Å². The van der Waals surface area contributed by atoms with Crippen molar-refractivity contribution in [1.82, 2.24) is 25.1 Å². The molecule has 2 N–H and O–H groups in total. The summed E-state index contributed by atoms with van der Waals surface area (Å²) in [7, 11) is 0. The Kier molecular flexibility index (Phi) is 5.90. The van der Waals surface area contributed by atoms with Crippen LogP contribution in [0, 0.1) is 0 Å². The number of fused-ring (bicyclic) bond motifs is 7. The molecule has 9 heteroatoms. The highest BCUT2D eigenvalue weighted by Gasteiger charge is 2.32. The number of hydrogen-bond donors (Lipinski definition) is 2. The van der Waals surface area contributed by atoms with Gasteiger partial charge in [-0.2, -0.15) is 5.10 Å². The number of ether oxygens (including phenoxy) is 2. The maximum absolute atomic E-state index is 12.1. The molecule has 2 aliphatic rings. The number of alkyl carbamates (subject to hydrolysis) is 1. The van der Waals surface area contributed by atoms with Crippen LogP contribution in [0.25, 0.3) is 0 Å². The monoisotopic (exact) mass is 414 g/mol. The molecule has 1 saturated carbocycles. The highest BCUT2D eigenvalue weighted by atomic mass is 16.6. The summed E-state index contributed by atoms with van der Waals surface area (Å²) < 4.78 is 13.3. The van der Waals surface area contributed by atoms with Gasteiger partial charge in [-0.25, -0.2) is 14.5 Å². The second-order valence-electron chi connectivity index (χ2n) is 8.93. The molecule has 0 radical (unpaired) electrons. The molecule has 2 atom stereocenters. The lowest BCUT2D eigenvalue weighted by Gasteiger charge is -2.22. The van der Waals surface area contributed by atoms with Crippen molar-refractivity contribution < 1.29 is 14.3 Å². The molecule has 1 aliphatic carbocycles. The fraction of sp³-hybridized carbons (Fsp3) is 0.619.